The van der Waals surface area contributed by atoms with Crippen molar-refractivity contribution < 1.29 is 17.9 Å². The van der Waals surface area contributed by atoms with Crippen molar-refractivity contribution in [2.24, 2.45) is 0 Å². The van der Waals surface area contributed by atoms with E-state index in [2.05, 4.69) is 19.9 Å². The minimum Gasteiger partial charge on any atom is -0.456 e. The minimum absolute atomic E-state index is 0.0882. The number of halogens is 4. The molecule has 0 aliphatic rings. The first-order chi connectivity index (χ1) is 17.7. The van der Waals surface area contributed by atoms with Crippen molar-refractivity contribution in [2.75, 3.05) is 5.75 Å². The highest BCUT2D eigenvalue weighted by molar-refractivity contribution is 7.99. The summed E-state index contributed by atoms with van der Waals surface area (Å²) in [4.78, 5) is 27.3. The lowest BCUT2D eigenvalue weighted by Gasteiger charge is -2.13. The van der Waals surface area contributed by atoms with Crippen LogP contribution in [0.25, 0.3) is 0 Å². The number of alkyl halides is 3. The quantitative estimate of drug-likeness (QED) is 0.220. The molecule has 4 rings (SSSR count). The van der Waals surface area contributed by atoms with Gasteiger partial charge >= 0.3 is 6.18 Å². The lowest BCUT2D eigenvalue weighted by atomic mass is 10.1. The number of aromatic nitrogens is 4. The number of thioether (sulfide) groups is 1. The van der Waals surface area contributed by atoms with Crippen LogP contribution in [0.2, 0.25) is 5.02 Å². The molecule has 0 aliphatic carbocycles. The van der Waals surface area contributed by atoms with Crippen LogP contribution in [-0.4, -0.2) is 25.7 Å². The Balaban J connectivity index is 1.38. The first-order valence-corrected chi connectivity index (χ1v) is 12.1. The van der Waals surface area contributed by atoms with Crippen molar-refractivity contribution in [3.63, 3.8) is 0 Å². The van der Waals surface area contributed by atoms with Crippen molar-refractivity contribution in [3.8, 4) is 17.6 Å². The molecule has 0 unspecified atom stereocenters. The van der Waals surface area contributed by atoms with E-state index in [0.29, 0.717) is 29.3 Å². The molecular weight excluding hydrogens is 527 g/mol. The summed E-state index contributed by atoms with van der Waals surface area (Å²) in [5, 5.41) is 9.54. The van der Waals surface area contributed by atoms with Gasteiger partial charge in [-0.15, -0.1) is 0 Å². The molecule has 2 aromatic heterocycles. The highest BCUT2D eigenvalue weighted by atomic mass is 35.5. The number of aryl methyl sites for hydroxylation is 1. The highest BCUT2D eigenvalue weighted by Gasteiger charge is 2.33. The maximum Gasteiger partial charge on any atom is 0.417 e. The topological polar surface area (TPSA) is 105 Å². The molecule has 0 fully saturated rings. The summed E-state index contributed by atoms with van der Waals surface area (Å²) in [7, 11) is 0. The monoisotopic (exact) mass is 543 g/mol. The Morgan fingerprint density at radius 2 is 1.86 bits per heavy atom. The van der Waals surface area contributed by atoms with Gasteiger partial charge in [-0.1, -0.05) is 29.4 Å². The third-order valence-electron chi connectivity index (χ3n) is 5.12. The van der Waals surface area contributed by atoms with Crippen LogP contribution in [0, 0.1) is 11.3 Å². The number of nitrogens with zero attached hydrogens (tertiary/aromatic N) is 4. The number of ether oxygens (including phenoxy) is 1. The van der Waals surface area contributed by atoms with E-state index in [4.69, 9.17) is 16.3 Å². The number of nitrogens with one attached hydrogen (secondary N) is 1. The molecule has 0 radical (unpaired) electrons. The van der Waals surface area contributed by atoms with Crippen molar-refractivity contribution in [2.45, 2.75) is 24.2 Å². The fourth-order valence-corrected chi connectivity index (χ4v) is 4.38. The second kappa shape index (κ2) is 11.5. The van der Waals surface area contributed by atoms with E-state index in [1.54, 1.807) is 24.5 Å². The third-order valence-corrected chi connectivity index (χ3v) is 6.34. The van der Waals surface area contributed by atoms with Crippen LogP contribution in [0.4, 0.5) is 13.2 Å². The molecule has 2 aromatic carbocycles. The average Bonchev–Trinajstić information content (AvgIpc) is 2.87. The summed E-state index contributed by atoms with van der Waals surface area (Å²) in [6.07, 6.45) is 2.49. The van der Waals surface area contributed by atoms with E-state index in [1.807, 2.05) is 6.07 Å². The van der Waals surface area contributed by atoms with E-state index in [-0.39, 0.29) is 22.6 Å². The molecule has 2 heterocycles. The molecule has 188 valence electrons. The molecule has 37 heavy (non-hydrogen) atoms. The van der Waals surface area contributed by atoms with Gasteiger partial charge in [0.25, 0.3) is 5.56 Å². The van der Waals surface area contributed by atoms with Crippen molar-refractivity contribution in [1.82, 2.24) is 19.9 Å². The number of rotatable bonds is 8. The zero-order valence-electron chi connectivity index (χ0n) is 18.9. The summed E-state index contributed by atoms with van der Waals surface area (Å²) in [6, 6.07) is 10.1. The van der Waals surface area contributed by atoms with Gasteiger partial charge in [0.1, 0.15) is 23.9 Å². The van der Waals surface area contributed by atoms with Gasteiger partial charge in [0.15, 0.2) is 5.16 Å². The fraction of sp³-hybridized carbons (Fsp3) is 0.160. The first kappa shape index (κ1) is 26.2. The van der Waals surface area contributed by atoms with Crippen molar-refractivity contribution in [1.29, 1.82) is 5.26 Å². The Bertz CT molecular complexity index is 1510. The van der Waals surface area contributed by atoms with Gasteiger partial charge in [0.05, 0.1) is 16.1 Å². The molecule has 4 aromatic rings. The summed E-state index contributed by atoms with van der Waals surface area (Å²) >= 11 is 6.99. The van der Waals surface area contributed by atoms with Gasteiger partial charge in [-0.2, -0.15) is 18.4 Å². The molecule has 0 spiro atoms. The summed E-state index contributed by atoms with van der Waals surface area (Å²) in [5.41, 5.74) is 1.01. The zero-order chi connectivity index (χ0) is 26.4. The predicted octanol–water partition coefficient (Wildman–Crippen LogP) is 5.82. The van der Waals surface area contributed by atoms with Gasteiger partial charge in [0, 0.05) is 36.3 Å². The van der Waals surface area contributed by atoms with Crippen LogP contribution in [0.1, 0.15) is 27.8 Å². The number of H-pyrrole nitrogens is 1. The second-order valence-electron chi connectivity index (χ2n) is 7.75. The molecule has 0 saturated carbocycles. The van der Waals surface area contributed by atoms with Gasteiger partial charge in [-0.05, 0) is 47.9 Å². The smallest absolute Gasteiger partial charge is 0.417 e. The molecular formula is C25H17ClF3N5O2S. The lowest BCUT2D eigenvalue weighted by Crippen LogP contribution is -2.15. The summed E-state index contributed by atoms with van der Waals surface area (Å²) in [6.45, 7) is 0. The van der Waals surface area contributed by atoms with E-state index >= 15 is 0 Å². The molecule has 12 heteroatoms. The molecule has 0 aliphatic heterocycles. The van der Waals surface area contributed by atoms with E-state index in [0.717, 1.165) is 23.3 Å². The third kappa shape index (κ3) is 6.87. The minimum atomic E-state index is -4.63. The van der Waals surface area contributed by atoms with Crippen LogP contribution in [0.15, 0.2) is 71.3 Å². The number of hydrogen-bond donors (Lipinski definition) is 1. The van der Waals surface area contributed by atoms with E-state index in [9.17, 15) is 23.2 Å². The lowest BCUT2D eigenvalue weighted by molar-refractivity contribution is -0.137. The van der Waals surface area contributed by atoms with Crippen LogP contribution in [0.5, 0.6) is 11.5 Å². The Morgan fingerprint density at radius 1 is 1.08 bits per heavy atom. The van der Waals surface area contributed by atoms with Gasteiger partial charge < -0.3 is 9.72 Å². The van der Waals surface area contributed by atoms with Gasteiger partial charge in [-0.3, -0.25) is 4.79 Å². The summed E-state index contributed by atoms with van der Waals surface area (Å²) in [5.74, 6) is 0.598. The standard InChI is InChI=1S/C25H17ClF3N5O2S/c26-21-3-2-19(9-20(21)25(27,28)29)36-22-4-1-15(7-17(22)10-30)5-6-37-24-33-13-18(23(35)34-24)8-16-11-31-14-32-12-16/h1-4,7,9,11-14H,5-6,8H2,(H,33,34,35). The molecule has 0 atom stereocenters. The highest BCUT2D eigenvalue weighted by Crippen LogP contribution is 2.38. The number of nitriles is 1. The van der Waals surface area contributed by atoms with Crippen molar-refractivity contribution in [3.05, 3.63) is 105 Å². The Labute approximate surface area is 218 Å². The second-order valence-corrected chi connectivity index (χ2v) is 9.24. The molecule has 7 nitrogen and oxygen atoms in total. The number of hydrogen-bond acceptors (Lipinski definition) is 7. The Hall–Kier alpha value is -3.88. The first-order valence-electron chi connectivity index (χ1n) is 10.8. The van der Waals surface area contributed by atoms with Crippen molar-refractivity contribution >= 4 is 23.4 Å². The zero-order valence-corrected chi connectivity index (χ0v) is 20.5. The van der Waals surface area contributed by atoms with Gasteiger partial charge in [-0.25, -0.2) is 15.0 Å². The van der Waals surface area contributed by atoms with Crippen LogP contribution in [0.3, 0.4) is 0 Å². The van der Waals surface area contributed by atoms with Crippen LogP contribution < -0.4 is 10.3 Å². The predicted molar refractivity (Wildman–Crippen MR) is 132 cm³/mol. The normalized spacial score (nSPS) is 11.2. The maximum absolute atomic E-state index is 13.1. The molecule has 0 amide bonds. The Morgan fingerprint density at radius 3 is 2.57 bits per heavy atom. The molecule has 1 N–H and O–H groups in total. The number of aromatic amines is 1. The molecule has 0 bridgehead atoms. The average molecular weight is 544 g/mol. The van der Waals surface area contributed by atoms with Gasteiger partial charge in [0.2, 0.25) is 0 Å². The van der Waals surface area contributed by atoms with E-state index < -0.39 is 16.8 Å². The summed E-state index contributed by atoms with van der Waals surface area (Å²) < 4.78 is 44.9. The largest absolute Gasteiger partial charge is 0.456 e. The number of benzene rings is 2. The van der Waals surface area contributed by atoms with Crippen LogP contribution >= 0.6 is 23.4 Å². The SMILES string of the molecule is N#Cc1cc(CCSc2ncc(Cc3cncnc3)c(=O)[nH]2)ccc1Oc1ccc(Cl)c(C(F)(F)F)c1. The fourth-order valence-electron chi connectivity index (χ4n) is 3.33. The Kier molecular flexibility index (Phi) is 8.11. The molecule has 0 saturated heterocycles. The van der Waals surface area contributed by atoms with E-state index in [1.165, 1.54) is 36.4 Å². The van der Waals surface area contributed by atoms with Crippen LogP contribution in [-0.2, 0) is 19.0 Å². The maximum atomic E-state index is 13.1.